The Balaban J connectivity index is 2.30. The number of hydrogen-bond donors (Lipinski definition) is 2. The quantitative estimate of drug-likeness (QED) is 0.835. The third-order valence-corrected chi connectivity index (χ3v) is 3.74. The Morgan fingerprint density at radius 3 is 2.54 bits per heavy atom. The van der Waals surface area contributed by atoms with Crippen LogP contribution in [-0.2, 0) is 0 Å². The lowest BCUT2D eigenvalue weighted by molar-refractivity contribution is 0.0697. The number of carbonyl (C=O) groups is 2. The molecule has 1 aromatic carbocycles. The Bertz CT molecular complexity index is 760. The molecule has 2 aromatic rings. The van der Waals surface area contributed by atoms with E-state index in [0.717, 1.165) is 0 Å². The van der Waals surface area contributed by atoms with Crippen molar-refractivity contribution in [3.8, 4) is 0 Å². The molecule has 0 aliphatic carbocycles. The monoisotopic (exact) mass is 347 g/mol. The number of nitrogens with zero attached hydrogens (tertiary/aromatic N) is 2. The number of aromatic nitrogens is 1. The summed E-state index contributed by atoms with van der Waals surface area (Å²) in [4.78, 5) is 29.8. The van der Waals surface area contributed by atoms with Crippen LogP contribution in [0.3, 0.4) is 0 Å². The summed E-state index contributed by atoms with van der Waals surface area (Å²) < 4.78 is 0. The topological polar surface area (TPSA) is 82.5 Å². The van der Waals surface area contributed by atoms with Gasteiger partial charge >= 0.3 is 5.97 Å². The lowest BCUT2D eigenvalue weighted by Crippen LogP contribution is -2.25. The molecule has 6 nitrogen and oxygen atoms in total. The molecule has 0 atom stereocenters. The van der Waals surface area contributed by atoms with Gasteiger partial charge in [-0.1, -0.05) is 17.7 Å². The molecular weight excluding hydrogens is 330 g/mol. The number of carbonyl (C=O) groups excluding carboxylic acids is 1. The van der Waals surface area contributed by atoms with Crippen molar-refractivity contribution in [1.29, 1.82) is 0 Å². The summed E-state index contributed by atoms with van der Waals surface area (Å²) in [6.45, 7) is 5.12. The van der Waals surface area contributed by atoms with Crippen molar-refractivity contribution < 1.29 is 14.7 Å². The van der Waals surface area contributed by atoms with E-state index >= 15 is 0 Å². The number of hydrogen-bond acceptors (Lipinski definition) is 4. The molecule has 24 heavy (non-hydrogen) atoms. The number of carboxylic acid groups (broad SMARTS) is 1. The average Bonchev–Trinajstić information content (AvgIpc) is 2.56. The van der Waals surface area contributed by atoms with Gasteiger partial charge in [-0.05, 0) is 38.1 Å². The van der Waals surface area contributed by atoms with Gasteiger partial charge < -0.3 is 15.3 Å². The van der Waals surface area contributed by atoms with Crippen LogP contribution in [0, 0.1) is 0 Å². The summed E-state index contributed by atoms with van der Waals surface area (Å²) in [5.74, 6) is -1.09. The first-order valence-electron chi connectivity index (χ1n) is 7.51. The second-order valence-electron chi connectivity index (χ2n) is 5.04. The molecule has 0 saturated carbocycles. The minimum absolute atomic E-state index is 0.0441. The first-order chi connectivity index (χ1) is 11.5. The largest absolute Gasteiger partial charge is 0.478 e. The maximum Gasteiger partial charge on any atom is 0.339 e. The number of pyridine rings is 1. The molecule has 126 valence electrons. The van der Waals surface area contributed by atoms with Gasteiger partial charge in [0.25, 0.3) is 5.91 Å². The number of benzene rings is 1. The van der Waals surface area contributed by atoms with Gasteiger partial charge in [0.1, 0.15) is 11.4 Å². The summed E-state index contributed by atoms with van der Waals surface area (Å²) in [7, 11) is 0. The van der Waals surface area contributed by atoms with Crippen molar-refractivity contribution in [2.24, 2.45) is 0 Å². The number of halogens is 1. The van der Waals surface area contributed by atoms with Crippen LogP contribution < -0.4 is 10.2 Å². The van der Waals surface area contributed by atoms with Gasteiger partial charge in [0.05, 0.1) is 11.9 Å². The van der Waals surface area contributed by atoms with Crippen molar-refractivity contribution in [1.82, 2.24) is 4.98 Å². The molecular formula is C17H18ClN3O3. The van der Waals surface area contributed by atoms with Gasteiger partial charge in [-0.25, -0.2) is 9.78 Å². The Labute approximate surface area is 145 Å². The normalized spacial score (nSPS) is 10.3. The maximum absolute atomic E-state index is 12.2. The standard InChI is InChI=1S/C17H18ClN3O3/c1-3-21(4-2)15-14(17(23)24)9-13(10-19-15)20-16(22)11-6-5-7-12(18)8-11/h5-10H,3-4H2,1-2H3,(H,20,22)(H,23,24). The van der Waals surface area contributed by atoms with E-state index in [1.54, 1.807) is 18.2 Å². The Kier molecular flexibility index (Phi) is 5.76. The molecule has 7 heteroatoms. The summed E-state index contributed by atoms with van der Waals surface area (Å²) in [6.07, 6.45) is 1.45. The summed E-state index contributed by atoms with van der Waals surface area (Å²) in [5, 5.41) is 12.5. The molecule has 1 aromatic heterocycles. The van der Waals surface area contributed by atoms with Crippen LogP contribution in [0.4, 0.5) is 11.5 Å². The van der Waals surface area contributed by atoms with Crippen LogP contribution in [0.2, 0.25) is 5.02 Å². The highest BCUT2D eigenvalue weighted by atomic mass is 35.5. The molecule has 1 heterocycles. The van der Waals surface area contributed by atoms with E-state index < -0.39 is 5.97 Å². The van der Waals surface area contributed by atoms with Gasteiger partial charge in [0, 0.05) is 23.7 Å². The lowest BCUT2D eigenvalue weighted by Gasteiger charge is -2.21. The zero-order valence-electron chi connectivity index (χ0n) is 13.4. The Hall–Kier alpha value is -2.60. The van der Waals surface area contributed by atoms with Gasteiger partial charge in [0.2, 0.25) is 0 Å². The molecule has 0 bridgehead atoms. The fraction of sp³-hybridized carbons (Fsp3) is 0.235. The highest BCUT2D eigenvalue weighted by Crippen LogP contribution is 2.22. The fourth-order valence-corrected chi connectivity index (χ4v) is 2.48. The number of amides is 1. The van der Waals surface area contributed by atoms with Gasteiger partial charge in [0.15, 0.2) is 0 Å². The predicted molar refractivity (Wildman–Crippen MR) is 94.2 cm³/mol. The molecule has 0 aliphatic rings. The number of carboxylic acids is 1. The Morgan fingerprint density at radius 2 is 1.96 bits per heavy atom. The van der Waals surface area contributed by atoms with Crippen LogP contribution >= 0.6 is 11.6 Å². The second kappa shape index (κ2) is 7.79. The molecule has 0 fully saturated rings. The average molecular weight is 348 g/mol. The minimum Gasteiger partial charge on any atom is -0.478 e. The van der Waals surface area contributed by atoms with E-state index in [1.807, 2.05) is 18.7 Å². The van der Waals surface area contributed by atoms with Crippen molar-refractivity contribution in [3.63, 3.8) is 0 Å². The zero-order chi connectivity index (χ0) is 17.7. The molecule has 2 N–H and O–H groups in total. The molecule has 0 unspecified atom stereocenters. The third kappa shape index (κ3) is 4.02. The zero-order valence-corrected chi connectivity index (χ0v) is 14.2. The predicted octanol–water partition coefficient (Wildman–Crippen LogP) is 3.53. The highest BCUT2D eigenvalue weighted by molar-refractivity contribution is 6.31. The number of aromatic carboxylic acids is 1. The molecule has 2 rings (SSSR count). The summed E-state index contributed by atoms with van der Waals surface area (Å²) in [6, 6.07) is 7.90. The number of rotatable bonds is 6. The van der Waals surface area contributed by atoms with Crippen molar-refractivity contribution in [2.45, 2.75) is 13.8 Å². The van der Waals surface area contributed by atoms with E-state index in [9.17, 15) is 14.7 Å². The fourth-order valence-electron chi connectivity index (χ4n) is 2.29. The molecule has 1 amide bonds. The van der Waals surface area contributed by atoms with E-state index in [0.29, 0.717) is 35.2 Å². The first kappa shape index (κ1) is 17.7. The summed E-state index contributed by atoms with van der Waals surface area (Å²) >= 11 is 5.87. The Morgan fingerprint density at radius 1 is 1.25 bits per heavy atom. The van der Waals surface area contributed by atoms with E-state index in [4.69, 9.17) is 11.6 Å². The van der Waals surface area contributed by atoms with Crippen molar-refractivity contribution in [2.75, 3.05) is 23.3 Å². The second-order valence-corrected chi connectivity index (χ2v) is 5.47. The van der Waals surface area contributed by atoms with E-state index in [-0.39, 0.29) is 11.5 Å². The van der Waals surface area contributed by atoms with Gasteiger partial charge in [-0.2, -0.15) is 0 Å². The van der Waals surface area contributed by atoms with Crippen molar-refractivity contribution in [3.05, 3.63) is 52.7 Å². The van der Waals surface area contributed by atoms with E-state index in [2.05, 4.69) is 10.3 Å². The smallest absolute Gasteiger partial charge is 0.339 e. The van der Waals surface area contributed by atoms with Gasteiger partial charge in [-0.15, -0.1) is 0 Å². The van der Waals surface area contributed by atoms with Crippen LogP contribution in [0.5, 0.6) is 0 Å². The lowest BCUT2D eigenvalue weighted by atomic mass is 10.2. The first-order valence-corrected chi connectivity index (χ1v) is 7.89. The minimum atomic E-state index is -1.09. The van der Waals surface area contributed by atoms with Crippen LogP contribution in [0.15, 0.2) is 36.5 Å². The van der Waals surface area contributed by atoms with E-state index in [1.165, 1.54) is 18.3 Å². The molecule has 0 saturated heterocycles. The van der Waals surface area contributed by atoms with Crippen LogP contribution in [0.25, 0.3) is 0 Å². The summed E-state index contributed by atoms with van der Waals surface area (Å²) in [5.41, 5.74) is 0.739. The maximum atomic E-state index is 12.2. The SMILES string of the molecule is CCN(CC)c1ncc(NC(=O)c2cccc(Cl)c2)cc1C(=O)O. The van der Waals surface area contributed by atoms with Crippen molar-refractivity contribution >= 4 is 35.0 Å². The molecule has 0 aliphatic heterocycles. The van der Waals surface area contributed by atoms with Gasteiger partial charge in [-0.3, -0.25) is 4.79 Å². The van der Waals surface area contributed by atoms with Crippen LogP contribution in [-0.4, -0.2) is 35.1 Å². The van der Waals surface area contributed by atoms with Crippen LogP contribution in [0.1, 0.15) is 34.6 Å². The third-order valence-electron chi connectivity index (χ3n) is 3.50. The molecule has 0 spiro atoms. The molecule has 0 radical (unpaired) electrons. The number of anilines is 2. The highest BCUT2D eigenvalue weighted by Gasteiger charge is 2.17. The number of nitrogens with one attached hydrogen (secondary N) is 1.